The quantitative estimate of drug-likeness (QED) is 0.256. The number of aromatic nitrogens is 2. The van der Waals surface area contributed by atoms with E-state index in [0.717, 1.165) is 12.0 Å². The number of H-pyrrole nitrogens is 1. The van der Waals surface area contributed by atoms with Crippen molar-refractivity contribution in [1.29, 1.82) is 0 Å². The summed E-state index contributed by atoms with van der Waals surface area (Å²) in [6, 6.07) is 5.36. The summed E-state index contributed by atoms with van der Waals surface area (Å²) >= 11 is 0. The molecule has 0 bridgehead atoms. The molecule has 1 aromatic carbocycles. The number of hydrogen-bond acceptors (Lipinski definition) is 5. The molecule has 0 aliphatic carbocycles. The molecule has 0 fully saturated rings. The molecule has 0 radical (unpaired) electrons. The number of allylic oxidation sites excluding steroid dienone is 5. The molecule has 0 aliphatic heterocycles. The van der Waals surface area contributed by atoms with Crippen molar-refractivity contribution in [3.05, 3.63) is 75.8 Å². The SMILES string of the molecule is C=C/C=C\C(CCc1cccc(N=Nc2c(C)[nH]n(CCCCO)c2=O)c1O)=C(C)C. The summed E-state index contributed by atoms with van der Waals surface area (Å²) in [7, 11) is 0. The highest BCUT2D eigenvalue weighted by Gasteiger charge is 2.12. The molecule has 0 aliphatic rings. The van der Waals surface area contributed by atoms with Gasteiger partial charge in [-0.15, -0.1) is 10.2 Å². The zero-order valence-corrected chi connectivity index (χ0v) is 18.6. The second kappa shape index (κ2) is 11.9. The number of rotatable bonds is 11. The monoisotopic (exact) mass is 424 g/mol. The Morgan fingerprint density at radius 2 is 2.03 bits per heavy atom. The Balaban J connectivity index is 2.20. The summed E-state index contributed by atoms with van der Waals surface area (Å²) < 4.78 is 1.47. The zero-order valence-electron chi connectivity index (χ0n) is 18.6. The maximum absolute atomic E-state index is 12.5. The van der Waals surface area contributed by atoms with Crippen LogP contribution in [0.2, 0.25) is 0 Å². The molecule has 1 heterocycles. The highest BCUT2D eigenvalue weighted by molar-refractivity contribution is 5.55. The van der Waals surface area contributed by atoms with Crippen molar-refractivity contribution in [3.63, 3.8) is 0 Å². The van der Waals surface area contributed by atoms with E-state index in [9.17, 15) is 9.90 Å². The normalized spacial score (nSPS) is 11.5. The fourth-order valence-electron chi connectivity index (χ4n) is 3.17. The summed E-state index contributed by atoms with van der Waals surface area (Å²) in [5.74, 6) is 0.0727. The summed E-state index contributed by atoms with van der Waals surface area (Å²) in [6.07, 6.45) is 8.41. The number of phenolic OH excluding ortho intramolecular Hbond substituents is 1. The molecule has 0 unspecified atom stereocenters. The van der Waals surface area contributed by atoms with E-state index >= 15 is 0 Å². The largest absolute Gasteiger partial charge is 0.505 e. The van der Waals surface area contributed by atoms with Gasteiger partial charge in [-0.25, -0.2) is 0 Å². The minimum absolute atomic E-state index is 0.0727. The van der Waals surface area contributed by atoms with Crippen LogP contribution in [0.25, 0.3) is 0 Å². The number of azo groups is 1. The molecule has 166 valence electrons. The van der Waals surface area contributed by atoms with E-state index in [0.29, 0.717) is 37.2 Å². The average Bonchev–Trinajstić information content (AvgIpc) is 3.01. The van der Waals surface area contributed by atoms with Gasteiger partial charge < -0.3 is 10.2 Å². The molecule has 7 heteroatoms. The number of unbranched alkanes of at least 4 members (excludes halogenated alkanes) is 1. The Morgan fingerprint density at radius 3 is 2.71 bits per heavy atom. The Labute approximate surface area is 183 Å². The predicted octanol–water partition coefficient (Wildman–Crippen LogP) is 5.39. The van der Waals surface area contributed by atoms with Gasteiger partial charge in [-0.3, -0.25) is 14.6 Å². The van der Waals surface area contributed by atoms with Gasteiger partial charge in [-0.1, -0.05) is 42.5 Å². The molecule has 0 spiro atoms. The van der Waals surface area contributed by atoms with Crippen LogP contribution in [0.3, 0.4) is 0 Å². The highest BCUT2D eigenvalue weighted by Crippen LogP contribution is 2.33. The van der Waals surface area contributed by atoms with Crippen molar-refractivity contribution in [2.45, 2.75) is 53.0 Å². The van der Waals surface area contributed by atoms with E-state index in [2.05, 4.69) is 35.8 Å². The molecule has 2 aromatic rings. The first-order chi connectivity index (χ1) is 14.9. The number of nitrogens with one attached hydrogen (secondary N) is 1. The number of hydrogen-bond donors (Lipinski definition) is 3. The molecule has 0 saturated heterocycles. The fraction of sp³-hybridized carbons (Fsp3) is 0.375. The van der Waals surface area contributed by atoms with Crippen LogP contribution >= 0.6 is 0 Å². The maximum Gasteiger partial charge on any atom is 0.294 e. The van der Waals surface area contributed by atoms with Gasteiger partial charge in [0, 0.05) is 13.2 Å². The lowest BCUT2D eigenvalue weighted by Gasteiger charge is -2.08. The Morgan fingerprint density at radius 1 is 1.26 bits per heavy atom. The second-order valence-electron chi connectivity index (χ2n) is 7.58. The van der Waals surface area contributed by atoms with Gasteiger partial charge in [0.1, 0.15) is 11.4 Å². The first kappa shape index (κ1) is 24.1. The van der Waals surface area contributed by atoms with Crippen LogP contribution in [-0.4, -0.2) is 26.6 Å². The van der Waals surface area contributed by atoms with E-state index in [4.69, 9.17) is 5.11 Å². The van der Waals surface area contributed by atoms with Gasteiger partial charge in [-0.2, -0.15) is 0 Å². The van der Waals surface area contributed by atoms with Crippen LogP contribution < -0.4 is 5.56 Å². The van der Waals surface area contributed by atoms with E-state index in [1.54, 1.807) is 19.1 Å². The van der Waals surface area contributed by atoms with Crippen LogP contribution in [-0.2, 0) is 13.0 Å². The molecule has 2 rings (SSSR count). The number of aryl methyl sites for hydroxylation is 3. The minimum Gasteiger partial charge on any atom is -0.505 e. The standard InChI is InChI=1S/C24H32N4O3/c1-5-6-10-19(17(2)3)13-14-20-11-9-12-21(23(20)30)25-26-22-18(4)27-28(24(22)31)15-7-8-16-29/h5-6,9-12,27,29-30H,1,7-8,13-16H2,2-4H3/b10-6-,26-25?. The third-order valence-corrected chi connectivity index (χ3v) is 4.99. The molecule has 0 atom stereocenters. The van der Waals surface area contributed by atoms with Gasteiger partial charge in [0.25, 0.3) is 5.56 Å². The van der Waals surface area contributed by atoms with E-state index in [-0.39, 0.29) is 23.6 Å². The Hall–Kier alpha value is -3.19. The lowest BCUT2D eigenvalue weighted by Crippen LogP contribution is -2.16. The van der Waals surface area contributed by atoms with Gasteiger partial charge in [0.2, 0.25) is 0 Å². The molecule has 0 amide bonds. The number of para-hydroxylation sites is 1. The number of aromatic hydroxyl groups is 1. The van der Waals surface area contributed by atoms with Crippen molar-refractivity contribution < 1.29 is 10.2 Å². The first-order valence-corrected chi connectivity index (χ1v) is 10.5. The topological polar surface area (TPSA) is 103 Å². The number of aliphatic hydroxyl groups is 1. The van der Waals surface area contributed by atoms with Gasteiger partial charge in [-0.05, 0) is 63.7 Å². The Kier molecular flexibility index (Phi) is 9.21. The molecule has 7 nitrogen and oxygen atoms in total. The molecule has 31 heavy (non-hydrogen) atoms. The number of benzene rings is 1. The minimum atomic E-state index is -0.267. The van der Waals surface area contributed by atoms with Crippen molar-refractivity contribution in [2.75, 3.05) is 6.61 Å². The molecule has 1 aromatic heterocycles. The molecule has 0 saturated carbocycles. The van der Waals surface area contributed by atoms with Gasteiger partial charge in [0.05, 0.1) is 5.69 Å². The van der Waals surface area contributed by atoms with E-state index in [1.807, 2.05) is 24.3 Å². The van der Waals surface area contributed by atoms with E-state index < -0.39 is 0 Å². The summed E-state index contributed by atoms with van der Waals surface area (Å²) in [6.45, 7) is 10.1. The first-order valence-electron chi connectivity index (χ1n) is 10.5. The van der Waals surface area contributed by atoms with Crippen molar-refractivity contribution in [2.24, 2.45) is 10.2 Å². The third kappa shape index (κ3) is 6.65. The third-order valence-electron chi connectivity index (χ3n) is 4.99. The smallest absolute Gasteiger partial charge is 0.294 e. The van der Waals surface area contributed by atoms with Gasteiger partial charge >= 0.3 is 0 Å². The molecular weight excluding hydrogens is 392 g/mol. The van der Waals surface area contributed by atoms with Crippen LogP contribution in [0.4, 0.5) is 11.4 Å². The molecule has 3 N–H and O–H groups in total. The number of nitrogens with zero attached hydrogens (tertiary/aromatic N) is 3. The van der Waals surface area contributed by atoms with E-state index in [1.165, 1.54) is 15.8 Å². The summed E-state index contributed by atoms with van der Waals surface area (Å²) in [5, 5.41) is 30.8. The van der Waals surface area contributed by atoms with Crippen molar-refractivity contribution in [3.8, 4) is 5.75 Å². The zero-order chi connectivity index (χ0) is 22.8. The van der Waals surface area contributed by atoms with Crippen LogP contribution in [0.5, 0.6) is 5.75 Å². The molecular formula is C24H32N4O3. The summed E-state index contributed by atoms with van der Waals surface area (Å²) in [4.78, 5) is 12.5. The van der Waals surface area contributed by atoms with Crippen LogP contribution in [0.15, 0.2) is 69.2 Å². The van der Waals surface area contributed by atoms with Crippen molar-refractivity contribution in [1.82, 2.24) is 9.78 Å². The number of aliphatic hydroxyl groups excluding tert-OH is 1. The second-order valence-corrected chi connectivity index (χ2v) is 7.58. The van der Waals surface area contributed by atoms with Crippen LogP contribution in [0.1, 0.15) is 44.4 Å². The summed E-state index contributed by atoms with van der Waals surface area (Å²) in [5.41, 5.74) is 4.06. The number of phenols is 1. The predicted molar refractivity (Wildman–Crippen MR) is 124 cm³/mol. The lowest BCUT2D eigenvalue weighted by atomic mass is 10.00. The van der Waals surface area contributed by atoms with Crippen LogP contribution in [0, 0.1) is 6.92 Å². The number of aromatic amines is 1. The fourth-order valence-corrected chi connectivity index (χ4v) is 3.17. The lowest BCUT2D eigenvalue weighted by molar-refractivity contribution is 0.279. The Bertz CT molecular complexity index is 1040. The average molecular weight is 425 g/mol. The van der Waals surface area contributed by atoms with Crippen molar-refractivity contribution >= 4 is 11.4 Å². The maximum atomic E-state index is 12.5. The highest BCUT2D eigenvalue weighted by atomic mass is 16.3. The van der Waals surface area contributed by atoms with Gasteiger partial charge in [0.15, 0.2) is 5.69 Å².